The highest BCUT2D eigenvalue weighted by atomic mass is 19.1. The number of hydrogen-bond donors (Lipinski definition) is 0. The van der Waals surface area contributed by atoms with Crippen LogP contribution in [0.4, 0.5) is 10.1 Å². The third-order valence-corrected chi connectivity index (χ3v) is 3.56. The molecule has 1 aliphatic heterocycles. The first-order chi connectivity index (χ1) is 9.47. The molecule has 0 aromatic heterocycles. The number of ketones is 1. The van der Waals surface area contributed by atoms with E-state index in [0.29, 0.717) is 11.3 Å². The van der Waals surface area contributed by atoms with E-state index in [-0.39, 0.29) is 11.6 Å². The van der Waals surface area contributed by atoms with Gasteiger partial charge in [-0.15, -0.1) is 0 Å². The third kappa shape index (κ3) is 3.45. The summed E-state index contributed by atoms with van der Waals surface area (Å²) in [4.78, 5) is 15.6. The largest absolute Gasteiger partial charge is 0.367 e. The Hall–Kier alpha value is -1.68. The molecule has 1 aromatic rings. The van der Waals surface area contributed by atoms with Crippen LogP contribution in [0.2, 0.25) is 0 Å². The van der Waals surface area contributed by atoms with Crippen LogP contribution >= 0.6 is 0 Å². The summed E-state index contributed by atoms with van der Waals surface area (Å²) in [7, 11) is 0. The topological polar surface area (TPSA) is 23.6 Å². The molecule has 0 saturated carbocycles. The fourth-order valence-electron chi connectivity index (χ4n) is 2.51. The summed E-state index contributed by atoms with van der Waals surface area (Å²) in [5.41, 5.74) is 2.16. The molecule has 0 aliphatic carbocycles. The molecule has 4 heteroatoms. The van der Waals surface area contributed by atoms with E-state index < -0.39 is 0 Å². The highest BCUT2D eigenvalue weighted by Gasteiger charge is 2.19. The molecule has 0 atom stereocenters. The van der Waals surface area contributed by atoms with Gasteiger partial charge >= 0.3 is 0 Å². The van der Waals surface area contributed by atoms with Crippen molar-refractivity contribution >= 4 is 11.5 Å². The van der Waals surface area contributed by atoms with Crippen LogP contribution in [0.25, 0.3) is 0 Å². The number of Topliss-reactive ketones (excluding diaryl/α,β-unsaturated/α-hetero) is 1. The molecule has 0 unspecified atom stereocenters. The van der Waals surface area contributed by atoms with Crippen molar-refractivity contribution in [3.63, 3.8) is 0 Å². The number of halogens is 1. The van der Waals surface area contributed by atoms with Gasteiger partial charge in [-0.2, -0.15) is 0 Å². The summed E-state index contributed by atoms with van der Waals surface area (Å²) in [6.45, 7) is 11.7. The molecule has 0 amide bonds. The van der Waals surface area contributed by atoms with E-state index >= 15 is 0 Å². The van der Waals surface area contributed by atoms with E-state index in [4.69, 9.17) is 0 Å². The van der Waals surface area contributed by atoms with E-state index in [1.54, 1.807) is 12.1 Å². The lowest BCUT2D eigenvalue weighted by molar-refractivity contribution is 0.101. The second-order valence-corrected chi connectivity index (χ2v) is 5.44. The third-order valence-electron chi connectivity index (χ3n) is 3.56. The fraction of sp³-hybridized carbons (Fsp3) is 0.438. The number of piperazine rings is 1. The van der Waals surface area contributed by atoms with Crippen molar-refractivity contribution in [1.29, 1.82) is 0 Å². The minimum absolute atomic E-state index is 0.110. The quantitative estimate of drug-likeness (QED) is 0.624. The van der Waals surface area contributed by atoms with E-state index in [9.17, 15) is 9.18 Å². The summed E-state index contributed by atoms with van der Waals surface area (Å²) in [6, 6.07) is 4.74. The Balaban J connectivity index is 2.03. The number of anilines is 1. The summed E-state index contributed by atoms with van der Waals surface area (Å²) >= 11 is 0. The normalized spacial score (nSPS) is 16.2. The van der Waals surface area contributed by atoms with Crippen molar-refractivity contribution in [2.45, 2.75) is 13.8 Å². The van der Waals surface area contributed by atoms with E-state index in [0.717, 1.165) is 38.3 Å². The molecule has 1 aromatic carbocycles. The Labute approximate surface area is 119 Å². The predicted octanol–water partition coefficient (Wildman–Crippen LogP) is 2.73. The van der Waals surface area contributed by atoms with Gasteiger partial charge in [-0.3, -0.25) is 9.69 Å². The zero-order valence-electron chi connectivity index (χ0n) is 12.2. The molecule has 20 heavy (non-hydrogen) atoms. The maximum atomic E-state index is 14.1. The molecule has 1 heterocycles. The molecule has 0 spiro atoms. The van der Waals surface area contributed by atoms with E-state index in [1.807, 2.05) is 11.8 Å². The second kappa shape index (κ2) is 6.18. The molecule has 0 bridgehead atoms. The Morgan fingerprint density at radius 2 is 1.90 bits per heavy atom. The average molecular weight is 276 g/mol. The maximum Gasteiger partial charge on any atom is 0.159 e. The van der Waals surface area contributed by atoms with Gasteiger partial charge < -0.3 is 4.90 Å². The SMILES string of the molecule is C=C(C)CN1CCN(c2ccc(C(C)=O)cc2F)CC1. The van der Waals surface area contributed by atoms with Crippen molar-refractivity contribution in [3.05, 3.63) is 41.7 Å². The van der Waals surface area contributed by atoms with Gasteiger partial charge in [0.05, 0.1) is 5.69 Å². The summed E-state index contributed by atoms with van der Waals surface area (Å²) < 4.78 is 14.1. The summed E-state index contributed by atoms with van der Waals surface area (Å²) in [5.74, 6) is -0.423. The van der Waals surface area contributed by atoms with Gasteiger partial charge in [-0.1, -0.05) is 12.2 Å². The second-order valence-electron chi connectivity index (χ2n) is 5.44. The highest BCUT2D eigenvalue weighted by molar-refractivity contribution is 5.94. The standard InChI is InChI=1S/C16H21FN2O/c1-12(2)11-18-6-8-19(9-7-18)16-5-4-14(13(3)20)10-15(16)17/h4-5,10H,1,6-9,11H2,2-3H3. The first kappa shape index (κ1) is 14.7. The molecular weight excluding hydrogens is 255 g/mol. The molecule has 0 N–H and O–H groups in total. The average Bonchev–Trinajstić information content (AvgIpc) is 2.39. The van der Waals surface area contributed by atoms with Gasteiger partial charge in [0.1, 0.15) is 5.82 Å². The van der Waals surface area contributed by atoms with Gasteiger partial charge in [-0.25, -0.2) is 4.39 Å². The highest BCUT2D eigenvalue weighted by Crippen LogP contribution is 2.22. The fourth-order valence-corrected chi connectivity index (χ4v) is 2.51. The van der Waals surface area contributed by atoms with Crippen molar-refractivity contribution < 1.29 is 9.18 Å². The number of carbonyl (C=O) groups excluding carboxylic acids is 1. The Morgan fingerprint density at radius 1 is 1.25 bits per heavy atom. The van der Waals surface area contributed by atoms with Crippen molar-refractivity contribution in [3.8, 4) is 0 Å². The summed E-state index contributed by atoms with van der Waals surface area (Å²) in [6.07, 6.45) is 0. The summed E-state index contributed by atoms with van der Waals surface area (Å²) in [5, 5.41) is 0. The van der Waals surface area contributed by atoms with Gasteiger partial charge in [-0.05, 0) is 32.0 Å². The van der Waals surface area contributed by atoms with Gasteiger partial charge in [0.15, 0.2) is 5.78 Å². The number of hydrogen-bond acceptors (Lipinski definition) is 3. The van der Waals surface area contributed by atoms with Crippen LogP contribution in [0.15, 0.2) is 30.4 Å². The number of benzene rings is 1. The van der Waals surface area contributed by atoms with Crippen LogP contribution < -0.4 is 4.90 Å². The zero-order valence-corrected chi connectivity index (χ0v) is 12.2. The molecule has 3 nitrogen and oxygen atoms in total. The van der Waals surface area contributed by atoms with Gasteiger partial charge in [0.2, 0.25) is 0 Å². The van der Waals surface area contributed by atoms with Crippen LogP contribution in [-0.2, 0) is 0 Å². The van der Waals surface area contributed by atoms with Crippen LogP contribution in [-0.4, -0.2) is 43.4 Å². The lowest BCUT2D eigenvalue weighted by Crippen LogP contribution is -2.47. The maximum absolute atomic E-state index is 14.1. The Morgan fingerprint density at radius 3 is 2.40 bits per heavy atom. The lowest BCUT2D eigenvalue weighted by atomic mass is 10.1. The van der Waals surface area contributed by atoms with Crippen molar-refractivity contribution in [2.75, 3.05) is 37.6 Å². The molecule has 2 rings (SSSR count). The van der Waals surface area contributed by atoms with Crippen LogP contribution in [0.5, 0.6) is 0 Å². The minimum atomic E-state index is -0.314. The number of nitrogens with zero attached hydrogens (tertiary/aromatic N) is 2. The molecule has 1 saturated heterocycles. The zero-order chi connectivity index (χ0) is 14.7. The van der Waals surface area contributed by atoms with Crippen molar-refractivity contribution in [1.82, 2.24) is 4.90 Å². The monoisotopic (exact) mass is 276 g/mol. The minimum Gasteiger partial charge on any atom is -0.367 e. The van der Waals surface area contributed by atoms with Crippen LogP contribution in [0.1, 0.15) is 24.2 Å². The molecule has 1 aliphatic rings. The number of rotatable bonds is 4. The Bertz CT molecular complexity index is 519. The predicted molar refractivity (Wildman–Crippen MR) is 79.9 cm³/mol. The number of carbonyl (C=O) groups is 1. The van der Waals surface area contributed by atoms with Gasteiger partial charge in [0.25, 0.3) is 0 Å². The van der Waals surface area contributed by atoms with E-state index in [1.165, 1.54) is 13.0 Å². The molecule has 1 fully saturated rings. The van der Waals surface area contributed by atoms with Crippen molar-refractivity contribution in [2.24, 2.45) is 0 Å². The molecule has 108 valence electrons. The Kier molecular flexibility index (Phi) is 4.55. The first-order valence-electron chi connectivity index (χ1n) is 6.89. The van der Waals surface area contributed by atoms with E-state index in [2.05, 4.69) is 11.5 Å². The van der Waals surface area contributed by atoms with Gasteiger partial charge in [0, 0.05) is 38.3 Å². The first-order valence-corrected chi connectivity index (χ1v) is 6.89. The lowest BCUT2D eigenvalue weighted by Gasteiger charge is -2.36. The molecular formula is C16H21FN2O. The smallest absolute Gasteiger partial charge is 0.159 e. The molecule has 0 radical (unpaired) electrons. The van der Waals surface area contributed by atoms with Crippen LogP contribution in [0.3, 0.4) is 0 Å². The van der Waals surface area contributed by atoms with Crippen LogP contribution in [0, 0.1) is 5.82 Å².